The number of hydrogen-bond acceptors (Lipinski definition) is 5. The van der Waals surface area contributed by atoms with E-state index >= 15 is 0 Å². The zero-order valence-corrected chi connectivity index (χ0v) is 14.2. The van der Waals surface area contributed by atoms with E-state index in [9.17, 15) is 9.59 Å². The van der Waals surface area contributed by atoms with Gasteiger partial charge in [0.15, 0.2) is 5.79 Å². The molecule has 0 aliphatic carbocycles. The lowest BCUT2D eigenvalue weighted by atomic mass is 9.96. The molecule has 126 valence electrons. The van der Waals surface area contributed by atoms with Gasteiger partial charge in [-0.25, -0.2) is 4.79 Å². The molecule has 6 nitrogen and oxygen atoms in total. The Labute approximate surface area is 135 Å². The van der Waals surface area contributed by atoms with Crippen molar-refractivity contribution >= 4 is 5.97 Å². The number of ether oxygens (including phenoxy) is 3. The number of rotatable bonds is 3. The molecule has 23 heavy (non-hydrogen) atoms. The average molecular weight is 321 g/mol. The number of aromatic nitrogens is 1. The number of nitrogens with zero attached hydrogens (tertiary/aromatic N) is 1. The molecule has 0 amide bonds. The monoisotopic (exact) mass is 321 g/mol. The van der Waals surface area contributed by atoms with Gasteiger partial charge in [0.2, 0.25) is 0 Å². The third kappa shape index (κ3) is 2.70. The van der Waals surface area contributed by atoms with Gasteiger partial charge in [0.25, 0.3) is 5.56 Å². The second-order valence-electron chi connectivity index (χ2n) is 7.06. The van der Waals surface area contributed by atoms with Crippen molar-refractivity contribution in [2.45, 2.75) is 58.7 Å². The second kappa shape index (κ2) is 5.46. The molecule has 0 spiro atoms. The topological polar surface area (TPSA) is 66.8 Å². The quantitative estimate of drug-likeness (QED) is 0.797. The number of carbonyl (C=O) groups is 1. The lowest BCUT2D eigenvalue weighted by Crippen LogP contribution is -2.29. The van der Waals surface area contributed by atoms with Gasteiger partial charge in [0.1, 0.15) is 12.2 Å². The Kier molecular flexibility index (Phi) is 3.84. The highest BCUT2D eigenvalue weighted by molar-refractivity contribution is 5.92. The van der Waals surface area contributed by atoms with Crippen molar-refractivity contribution in [3.63, 3.8) is 0 Å². The molecule has 1 aromatic rings. The summed E-state index contributed by atoms with van der Waals surface area (Å²) in [7, 11) is 1.35. The average Bonchev–Trinajstić information content (AvgIpc) is 2.91. The van der Waals surface area contributed by atoms with Crippen molar-refractivity contribution in [1.29, 1.82) is 0 Å². The van der Waals surface area contributed by atoms with Gasteiger partial charge >= 0.3 is 5.97 Å². The molecule has 1 saturated heterocycles. The van der Waals surface area contributed by atoms with Crippen LogP contribution in [-0.2, 0) is 27.2 Å². The van der Waals surface area contributed by atoms with Gasteiger partial charge in [0, 0.05) is 6.07 Å². The maximum absolute atomic E-state index is 12.5. The smallest absolute Gasteiger partial charge is 0.340 e. The summed E-state index contributed by atoms with van der Waals surface area (Å²) >= 11 is 0. The van der Waals surface area contributed by atoms with Gasteiger partial charge in [-0.05, 0) is 31.7 Å². The molecule has 0 radical (unpaired) electrons. The third-order valence-corrected chi connectivity index (χ3v) is 4.27. The maximum Gasteiger partial charge on any atom is 0.340 e. The minimum absolute atomic E-state index is 0.122. The summed E-state index contributed by atoms with van der Waals surface area (Å²) in [5, 5.41) is 0. The van der Waals surface area contributed by atoms with Crippen molar-refractivity contribution in [2.75, 3.05) is 7.11 Å². The van der Waals surface area contributed by atoms with E-state index in [-0.39, 0.29) is 11.7 Å². The molecule has 0 N–H and O–H groups in total. The SMILES string of the molecule is COC(=O)c1c(CC(C)C)cc(=O)n2c1[C@@H]1OC(C)(C)O[C@@H]1C2. The Morgan fingerprint density at radius 3 is 2.74 bits per heavy atom. The van der Waals surface area contributed by atoms with Crippen LogP contribution < -0.4 is 5.56 Å². The Balaban J connectivity index is 2.19. The molecule has 2 aliphatic heterocycles. The van der Waals surface area contributed by atoms with E-state index < -0.39 is 17.9 Å². The van der Waals surface area contributed by atoms with Crippen molar-refractivity contribution in [1.82, 2.24) is 4.57 Å². The zero-order valence-electron chi connectivity index (χ0n) is 14.2. The number of carbonyl (C=O) groups excluding carboxylic acids is 1. The van der Waals surface area contributed by atoms with E-state index in [0.717, 1.165) is 5.56 Å². The fourth-order valence-corrected chi connectivity index (χ4v) is 3.52. The molecule has 0 aromatic carbocycles. The normalized spacial score (nSPS) is 24.6. The van der Waals surface area contributed by atoms with E-state index in [1.807, 2.05) is 27.7 Å². The fourth-order valence-electron chi connectivity index (χ4n) is 3.52. The highest BCUT2D eigenvalue weighted by Crippen LogP contribution is 2.44. The van der Waals surface area contributed by atoms with Crippen LogP contribution in [-0.4, -0.2) is 29.5 Å². The van der Waals surface area contributed by atoms with Crippen LogP contribution in [0.5, 0.6) is 0 Å². The minimum atomic E-state index is -0.724. The lowest BCUT2D eigenvalue weighted by Gasteiger charge is -2.21. The summed E-state index contributed by atoms with van der Waals surface area (Å²) in [4.78, 5) is 24.9. The molecule has 0 bridgehead atoms. The number of fused-ring (bicyclic) bond motifs is 3. The Morgan fingerprint density at radius 1 is 1.43 bits per heavy atom. The van der Waals surface area contributed by atoms with Crippen LogP contribution in [0.3, 0.4) is 0 Å². The first-order chi connectivity index (χ1) is 10.7. The molecule has 1 aromatic heterocycles. The summed E-state index contributed by atoms with van der Waals surface area (Å²) in [6, 6.07) is 1.54. The summed E-state index contributed by atoms with van der Waals surface area (Å²) in [5.41, 5.74) is 1.64. The van der Waals surface area contributed by atoms with Gasteiger partial charge in [-0.15, -0.1) is 0 Å². The maximum atomic E-state index is 12.5. The highest BCUT2D eigenvalue weighted by atomic mass is 16.8. The fraction of sp³-hybridized carbons (Fsp3) is 0.647. The van der Waals surface area contributed by atoms with Crippen LogP contribution in [0.2, 0.25) is 0 Å². The van der Waals surface area contributed by atoms with Gasteiger partial charge in [0.05, 0.1) is 24.9 Å². The van der Waals surface area contributed by atoms with Crippen LogP contribution in [0.1, 0.15) is 55.4 Å². The van der Waals surface area contributed by atoms with Gasteiger partial charge in [-0.1, -0.05) is 13.8 Å². The molecule has 3 rings (SSSR count). The molecular weight excluding hydrogens is 298 g/mol. The second-order valence-corrected chi connectivity index (χ2v) is 7.06. The molecule has 0 unspecified atom stereocenters. The first kappa shape index (κ1) is 16.2. The predicted octanol–water partition coefficient (Wildman–Crippen LogP) is 2.04. The third-order valence-electron chi connectivity index (χ3n) is 4.27. The first-order valence-electron chi connectivity index (χ1n) is 7.94. The molecule has 6 heteroatoms. The van der Waals surface area contributed by atoms with Gasteiger partial charge < -0.3 is 18.8 Å². The van der Waals surface area contributed by atoms with Crippen molar-refractivity contribution in [2.24, 2.45) is 5.92 Å². The first-order valence-corrected chi connectivity index (χ1v) is 7.94. The minimum Gasteiger partial charge on any atom is -0.465 e. The van der Waals surface area contributed by atoms with Crippen molar-refractivity contribution < 1.29 is 19.0 Å². The van der Waals surface area contributed by atoms with E-state index in [1.165, 1.54) is 7.11 Å². The molecule has 1 fully saturated rings. The summed E-state index contributed by atoms with van der Waals surface area (Å²) in [5.74, 6) is -0.841. The largest absolute Gasteiger partial charge is 0.465 e. The zero-order chi connectivity index (χ0) is 16.9. The van der Waals surface area contributed by atoms with Crippen LogP contribution in [0.15, 0.2) is 10.9 Å². The van der Waals surface area contributed by atoms with Gasteiger partial charge in [-0.3, -0.25) is 4.79 Å². The lowest BCUT2D eigenvalue weighted by molar-refractivity contribution is -0.151. The van der Waals surface area contributed by atoms with Gasteiger partial charge in [-0.2, -0.15) is 0 Å². The summed E-state index contributed by atoms with van der Waals surface area (Å²) < 4.78 is 18.4. The van der Waals surface area contributed by atoms with Crippen LogP contribution in [0.4, 0.5) is 0 Å². The number of esters is 1. The number of methoxy groups -OCH3 is 1. The predicted molar refractivity (Wildman–Crippen MR) is 83.4 cm³/mol. The molecule has 2 aliphatic rings. The Morgan fingerprint density at radius 2 is 2.13 bits per heavy atom. The molecule has 0 saturated carbocycles. The Hall–Kier alpha value is -1.66. The van der Waals surface area contributed by atoms with E-state index in [4.69, 9.17) is 14.2 Å². The Bertz CT molecular complexity index is 704. The van der Waals surface area contributed by atoms with Crippen molar-refractivity contribution in [3.05, 3.63) is 33.2 Å². The van der Waals surface area contributed by atoms with Crippen LogP contribution >= 0.6 is 0 Å². The van der Waals surface area contributed by atoms with E-state index in [0.29, 0.717) is 30.1 Å². The number of hydrogen-bond donors (Lipinski definition) is 0. The molecule has 3 heterocycles. The highest BCUT2D eigenvalue weighted by Gasteiger charge is 2.49. The van der Waals surface area contributed by atoms with Crippen LogP contribution in [0, 0.1) is 5.92 Å². The summed E-state index contributed by atoms with van der Waals surface area (Å²) in [6.45, 7) is 8.17. The van der Waals surface area contributed by atoms with E-state index in [1.54, 1.807) is 10.6 Å². The van der Waals surface area contributed by atoms with Crippen molar-refractivity contribution in [3.8, 4) is 0 Å². The standard InChI is InChI=1S/C17H23NO5/c1-9(2)6-10-7-12(19)18-8-11-15(23-17(3,4)22-11)14(18)13(10)16(20)21-5/h7,9,11,15H,6,8H2,1-5H3/t11-,15-/m1/s1. The van der Waals surface area contributed by atoms with E-state index in [2.05, 4.69) is 0 Å². The number of pyridine rings is 1. The molecule has 2 atom stereocenters. The molecular formula is C17H23NO5. The summed E-state index contributed by atoms with van der Waals surface area (Å²) in [6.07, 6.45) is -0.0379. The van der Waals surface area contributed by atoms with Crippen LogP contribution in [0.25, 0.3) is 0 Å².